The summed E-state index contributed by atoms with van der Waals surface area (Å²) in [6.45, 7) is 4.82. The molecule has 0 spiro atoms. The predicted molar refractivity (Wildman–Crippen MR) is 42.6 cm³/mol. The Hall–Kier alpha value is -0.570. The minimum absolute atomic E-state index is 0.771. The van der Waals surface area contributed by atoms with Crippen LogP contribution in [0, 0.1) is 6.92 Å². The lowest BCUT2D eigenvalue weighted by atomic mass is 10.5. The van der Waals surface area contributed by atoms with Crippen molar-refractivity contribution in [2.75, 3.05) is 6.61 Å². The van der Waals surface area contributed by atoms with E-state index >= 15 is 0 Å². The molecule has 0 aliphatic carbocycles. The molecule has 1 rings (SSSR count). The number of ether oxygens (including phenoxy) is 1. The van der Waals surface area contributed by atoms with Gasteiger partial charge in [-0.1, -0.05) is 18.3 Å². The Morgan fingerprint density at radius 1 is 1.70 bits per heavy atom. The summed E-state index contributed by atoms with van der Waals surface area (Å²) in [4.78, 5) is 4.14. The van der Waals surface area contributed by atoms with E-state index in [4.69, 9.17) is 4.74 Å². The monoisotopic (exact) mass is 157 g/mol. The van der Waals surface area contributed by atoms with E-state index in [0.717, 1.165) is 23.9 Å². The Kier molecular flexibility index (Phi) is 2.68. The Morgan fingerprint density at radius 2 is 2.50 bits per heavy atom. The van der Waals surface area contributed by atoms with Crippen LogP contribution < -0.4 is 4.74 Å². The van der Waals surface area contributed by atoms with Crippen LogP contribution in [0.2, 0.25) is 0 Å². The number of nitrogens with zero attached hydrogens (tertiary/aromatic N) is 1. The highest BCUT2D eigenvalue weighted by molar-refractivity contribution is 7.11. The van der Waals surface area contributed by atoms with Crippen LogP contribution in [0.1, 0.15) is 19.0 Å². The molecule has 2 nitrogen and oxygen atoms in total. The summed E-state index contributed by atoms with van der Waals surface area (Å²) in [6.07, 6.45) is 1.04. The fraction of sp³-hybridized carbons (Fsp3) is 0.571. The van der Waals surface area contributed by atoms with Crippen molar-refractivity contribution < 1.29 is 4.74 Å². The molecule has 0 saturated carbocycles. The molecule has 0 amide bonds. The number of aryl methyl sites for hydroxylation is 1. The van der Waals surface area contributed by atoms with Crippen molar-refractivity contribution in [2.24, 2.45) is 0 Å². The second-order valence-electron chi connectivity index (χ2n) is 2.10. The summed E-state index contributed by atoms with van der Waals surface area (Å²) in [7, 11) is 0. The summed E-state index contributed by atoms with van der Waals surface area (Å²) in [6, 6.07) is 0. The van der Waals surface area contributed by atoms with Crippen LogP contribution in [0.15, 0.2) is 5.38 Å². The van der Waals surface area contributed by atoms with Crippen molar-refractivity contribution in [3.05, 3.63) is 11.1 Å². The maximum atomic E-state index is 5.28. The van der Waals surface area contributed by atoms with Crippen LogP contribution in [0.3, 0.4) is 0 Å². The fourth-order valence-electron chi connectivity index (χ4n) is 0.588. The van der Waals surface area contributed by atoms with E-state index < -0.39 is 0 Å². The molecule has 1 aromatic heterocycles. The van der Waals surface area contributed by atoms with E-state index in [1.807, 2.05) is 12.3 Å². The molecule has 0 unspecified atom stereocenters. The molecule has 0 bridgehead atoms. The van der Waals surface area contributed by atoms with E-state index in [-0.39, 0.29) is 0 Å². The summed E-state index contributed by atoms with van der Waals surface area (Å²) in [5.41, 5.74) is 1.04. The van der Waals surface area contributed by atoms with Gasteiger partial charge < -0.3 is 4.74 Å². The molecule has 1 heterocycles. The van der Waals surface area contributed by atoms with Crippen molar-refractivity contribution in [3.63, 3.8) is 0 Å². The molecule has 0 aliphatic rings. The highest BCUT2D eigenvalue weighted by Gasteiger charge is 1.96. The predicted octanol–water partition coefficient (Wildman–Crippen LogP) is 2.24. The third kappa shape index (κ3) is 1.99. The number of hydrogen-bond acceptors (Lipinski definition) is 3. The van der Waals surface area contributed by atoms with Gasteiger partial charge in [0.05, 0.1) is 12.3 Å². The SMILES string of the molecule is CCCOc1nc(C)cs1. The lowest BCUT2D eigenvalue weighted by molar-refractivity contribution is 0.315. The number of thiazole rings is 1. The van der Waals surface area contributed by atoms with Gasteiger partial charge in [0.15, 0.2) is 0 Å². The maximum Gasteiger partial charge on any atom is 0.273 e. The zero-order valence-electron chi connectivity index (χ0n) is 6.26. The van der Waals surface area contributed by atoms with Crippen LogP contribution >= 0.6 is 11.3 Å². The minimum Gasteiger partial charge on any atom is -0.470 e. The quantitative estimate of drug-likeness (QED) is 0.671. The van der Waals surface area contributed by atoms with Crippen LogP contribution in [0.5, 0.6) is 5.19 Å². The normalized spacial score (nSPS) is 9.80. The van der Waals surface area contributed by atoms with E-state index in [1.54, 1.807) is 11.3 Å². The van der Waals surface area contributed by atoms with Gasteiger partial charge in [-0.2, -0.15) is 0 Å². The second kappa shape index (κ2) is 3.56. The molecule has 56 valence electrons. The maximum absolute atomic E-state index is 5.28. The highest BCUT2D eigenvalue weighted by Crippen LogP contribution is 2.16. The standard InChI is InChI=1S/C7H11NOS/c1-3-4-9-7-8-6(2)5-10-7/h5H,3-4H2,1-2H3. The zero-order valence-corrected chi connectivity index (χ0v) is 7.07. The summed E-state index contributed by atoms with van der Waals surface area (Å²) >= 11 is 1.56. The molecule has 0 N–H and O–H groups in total. The zero-order chi connectivity index (χ0) is 7.40. The van der Waals surface area contributed by atoms with E-state index in [1.165, 1.54) is 0 Å². The Bertz CT molecular complexity index is 197. The average molecular weight is 157 g/mol. The summed E-state index contributed by atoms with van der Waals surface area (Å²) < 4.78 is 5.28. The van der Waals surface area contributed by atoms with Gasteiger partial charge in [0, 0.05) is 5.38 Å². The number of hydrogen-bond donors (Lipinski definition) is 0. The topological polar surface area (TPSA) is 22.1 Å². The molecule has 0 aromatic carbocycles. The molecule has 0 aliphatic heterocycles. The first-order valence-electron chi connectivity index (χ1n) is 3.38. The molecule has 0 radical (unpaired) electrons. The summed E-state index contributed by atoms with van der Waals surface area (Å²) in [5.74, 6) is 0. The van der Waals surface area contributed by atoms with Gasteiger partial charge in [-0.05, 0) is 13.3 Å². The Balaban J connectivity index is 2.42. The van der Waals surface area contributed by atoms with Crippen molar-refractivity contribution in [1.29, 1.82) is 0 Å². The van der Waals surface area contributed by atoms with Crippen molar-refractivity contribution >= 4 is 11.3 Å². The van der Waals surface area contributed by atoms with Gasteiger partial charge in [0.1, 0.15) is 0 Å². The number of rotatable bonds is 3. The highest BCUT2D eigenvalue weighted by atomic mass is 32.1. The molecule has 0 saturated heterocycles. The first-order chi connectivity index (χ1) is 4.83. The smallest absolute Gasteiger partial charge is 0.273 e. The first-order valence-corrected chi connectivity index (χ1v) is 4.26. The minimum atomic E-state index is 0.771. The molecule has 0 fully saturated rings. The largest absolute Gasteiger partial charge is 0.470 e. The average Bonchev–Trinajstić information content (AvgIpc) is 2.31. The number of aromatic nitrogens is 1. The van der Waals surface area contributed by atoms with Gasteiger partial charge >= 0.3 is 0 Å². The van der Waals surface area contributed by atoms with Gasteiger partial charge in [-0.25, -0.2) is 4.98 Å². The van der Waals surface area contributed by atoms with Gasteiger partial charge in [0.2, 0.25) is 0 Å². The molecule has 3 heteroatoms. The summed E-state index contributed by atoms with van der Waals surface area (Å²) in [5, 5.41) is 2.78. The third-order valence-electron chi connectivity index (χ3n) is 1.03. The molecule has 0 atom stereocenters. The molecule has 1 aromatic rings. The molecular weight excluding hydrogens is 146 g/mol. The van der Waals surface area contributed by atoms with E-state index in [0.29, 0.717) is 0 Å². The second-order valence-corrected chi connectivity index (χ2v) is 2.92. The lowest BCUT2D eigenvalue weighted by Crippen LogP contribution is -1.93. The van der Waals surface area contributed by atoms with Gasteiger partial charge in [0.25, 0.3) is 5.19 Å². The molecule has 10 heavy (non-hydrogen) atoms. The fourth-order valence-corrected chi connectivity index (χ4v) is 1.26. The Labute approximate surface area is 64.9 Å². The molecular formula is C7H11NOS. The van der Waals surface area contributed by atoms with E-state index in [2.05, 4.69) is 11.9 Å². The van der Waals surface area contributed by atoms with Crippen molar-refractivity contribution in [2.45, 2.75) is 20.3 Å². The van der Waals surface area contributed by atoms with Crippen LogP contribution in [0.4, 0.5) is 0 Å². The van der Waals surface area contributed by atoms with Gasteiger partial charge in [-0.15, -0.1) is 0 Å². The van der Waals surface area contributed by atoms with Gasteiger partial charge in [-0.3, -0.25) is 0 Å². The van der Waals surface area contributed by atoms with E-state index in [9.17, 15) is 0 Å². The van der Waals surface area contributed by atoms with Crippen LogP contribution in [-0.4, -0.2) is 11.6 Å². The third-order valence-corrected chi connectivity index (χ3v) is 1.90. The lowest BCUT2D eigenvalue weighted by Gasteiger charge is -1.96. The first kappa shape index (κ1) is 7.54. The Morgan fingerprint density at radius 3 is 3.00 bits per heavy atom. The van der Waals surface area contributed by atoms with Crippen LogP contribution in [-0.2, 0) is 0 Å². The van der Waals surface area contributed by atoms with Crippen LogP contribution in [0.25, 0.3) is 0 Å². The van der Waals surface area contributed by atoms with Crippen molar-refractivity contribution in [3.8, 4) is 5.19 Å². The van der Waals surface area contributed by atoms with Crippen molar-refractivity contribution in [1.82, 2.24) is 4.98 Å².